The summed E-state index contributed by atoms with van der Waals surface area (Å²) < 4.78 is 59.8. The standard InChI is InChI=1S/C18H20F4N2O5/c1-10-7-11(29-9-18(21,22)17(19)20)3-4-13(10)23-14-12(16(27)28-2)8-24(5-6-25)15(14)26/h3-4,7,17,23,25H,5-6,8-9H2,1-2H3. The molecule has 2 rings (SSSR count). The number of halogens is 4. The third kappa shape index (κ3) is 5.17. The van der Waals surface area contributed by atoms with Crippen molar-refractivity contribution in [3.05, 3.63) is 35.0 Å². The third-order valence-electron chi connectivity index (χ3n) is 4.16. The van der Waals surface area contributed by atoms with E-state index in [-0.39, 0.29) is 36.7 Å². The van der Waals surface area contributed by atoms with Gasteiger partial charge in [-0.25, -0.2) is 13.6 Å². The van der Waals surface area contributed by atoms with Crippen LogP contribution in [0.3, 0.4) is 0 Å². The Morgan fingerprint density at radius 1 is 1.38 bits per heavy atom. The van der Waals surface area contributed by atoms with Crippen molar-refractivity contribution in [2.75, 3.05) is 38.7 Å². The minimum absolute atomic E-state index is 0.0224. The molecule has 0 aromatic heterocycles. The maximum Gasteiger partial charge on any atom is 0.340 e. The van der Waals surface area contributed by atoms with E-state index in [0.29, 0.717) is 11.3 Å². The first-order chi connectivity index (χ1) is 13.6. The highest BCUT2D eigenvalue weighted by Gasteiger charge is 2.41. The van der Waals surface area contributed by atoms with Crippen LogP contribution in [0.15, 0.2) is 29.5 Å². The summed E-state index contributed by atoms with van der Waals surface area (Å²) in [6.07, 6.45) is -3.84. The number of aliphatic hydroxyl groups excluding tert-OH is 1. The topological polar surface area (TPSA) is 88.1 Å². The Kier molecular flexibility index (Phi) is 7.07. The zero-order valence-electron chi connectivity index (χ0n) is 15.7. The van der Waals surface area contributed by atoms with E-state index in [1.54, 1.807) is 6.92 Å². The van der Waals surface area contributed by atoms with Crippen molar-refractivity contribution in [3.63, 3.8) is 0 Å². The van der Waals surface area contributed by atoms with Gasteiger partial charge < -0.3 is 24.8 Å². The Labute approximate surface area is 163 Å². The molecular weight excluding hydrogens is 400 g/mol. The van der Waals surface area contributed by atoms with Crippen LogP contribution >= 0.6 is 0 Å². The van der Waals surface area contributed by atoms with Gasteiger partial charge in [0.2, 0.25) is 0 Å². The molecular formula is C18H20F4N2O5. The second-order valence-electron chi connectivity index (χ2n) is 6.25. The van der Waals surface area contributed by atoms with E-state index < -0.39 is 30.8 Å². The summed E-state index contributed by atoms with van der Waals surface area (Å²) in [6.45, 7) is -0.222. The van der Waals surface area contributed by atoms with Crippen molar-refractivity contribution in [2.24, 2.45) is 0 Å². The predicted octanol–water partition coefficient (Wildman–Crippen LogP) is 1.95. The van der Waals surface area contributed by atoms with E-state index >= 15 is 0 Å². The number of amides is 1. The van der Waals surface area contributed by atoms with Crippen LogP contribution in [-0.4, -0.2) is 67.6 Å². The van der Waals surface area contributed by atoms with Gasteiger partial charge >= 0.3 is 18.3 Å². The summed E-state index contributed by atoms with van der Waals surface area (Å²) >= 11 is 0. The molecule has 0 aliphatic carbocycles. The SMILES string of the molecule is COC(=O)C1=C(Nc2ccc(OCC(F)(F)C(F)F)cc2C)C(=O)N(CCO)C1. The molecule has 0 unspecified atom stereocenters. The van der Waals surface area contributed by atoms with Crippen LogP contribution in [0.5, 0.6) is 5.75 Å². The van der Waals surface area contributed by atoms with Crippen molar-refractivity contribution >= 4 is 17.6 Å². The number of anilines is 1. The highest BCUT2D eigenvalue weighted by molar-refractivity contribution is 6.08. The summed E-state index contributed by atoms with van der Waals surface area (Å²) in [6, 6.07) is 3.99. The number of nitrogens with one attached hydrogen (secondary N) is 1. The average molecular weight is 420 g/mol. The maximum absolute atomic E-state index is 13.0. The minimum atomic E-state index is -4.28. The number of carbonyl (C=O) groups is 2. The van der Waals surface area contributed by atoms with Crippen molar-refractivity contribution in [1.29, 1.82) is 0 Å². The number of nitrogens with zero attached hydrogens (tertiary/aromatic N) is 1. The molecule has 11 heteroatoms. The number of hydrogen-bond donors (Lipinski definition) is 2. The Balaban J connectivity index is 2.20. The van der Waals surface area contributed by atoms with E-state index in [4.69, 9.17) is 9.84 Å². The normalized spacial score (nSPS) is 14.6. The fourth-order valence-electron chi connectivity index (χ4n) is 2.59. The lowest BCUT2D eigenvalue weighted by atomic mass is 10.1. The molecule has 0 saturated heterocycles. The van der Waals surface area contributed by atoms with Gasteiger partial charge in [-0.15, -0.1) is 0 Å². The number of β-amino-alcohol motifs (C(OH)–C–C–N with tert-alkyl or cyclic N) is 1. The van der Waals surface area contributed by atoms with Crippen LogP contribution < -0.4 is 10.1 Å². The Bertz CT molecular complexity index is 813. The second-order valence-corrected chi connectivity index (χ2v) is 6.25. The van der Waals surface area contributed by atoms with Crippen LogP contribution in [-0.2, 0) is 14.3 Å². The molecule has 1 aliphatic rings. The molecule has 0 bridgehead atoms. The molecule has 160 valence electrons. The zero-order valence-corrected chi connectivity index (χ0v) is 15.7. The predicted molar refractivity (Wildman–Crippen MR) is 94.0 cm³/mol. The second kappa shape index (κ2) is 9.12. The Morgan fingerprint density at radius 2 is 2.07 bits per heavy atom. The van der Waals surface area contributed by atoms with Gasteiger partial charge in [0, 0.05) is 12.2 Å². The zero-order chi connectivity index (χ0) is 21.8. The molecule has 7 nitrogen and oxygen atoms in total. The fourth-order valence-corrected chi connectivity index (χ4v) is 2.59. The molecule has 0 spiro atoms. The van der Waals surface area contributed by atoms with Gasteiger partial charge in [0.05, 0.1) is 25.8 Å². The number of rotatable bonds is 9. The third-order valence-corrected chi connectivity index (χ3v) is 4.16. The summed E-state index contributed by atoms with van der Waals surface area (Å²) in [7, 11) is 1.17. The summed E-state index contributed by atoms with van der Waals surface area (Å²) in [5, 5.41) is 11.9. The molecule has 0 fully saturated rings. The van der Waals surface area contributed by atoms with Gasteiger partial charge in [-0.1, -0.05) is 0 Å². The number of aryl methyl sites for hydroxylation is 1. The molecule has 0 atom stereocenters. The first-order valence-electron chi connectivity index (χ1n) is 8.48. The molecule has 1 aromatic rings. The number of esters is 1. The molecule has 1 aromatic carbocycles. The largest absolute Gasteiger partial charge is 0.487 e. The molecule has 1 heterocycles. The monoisotopic (exact) mass is 420 g/mol. The van der Waals surface area contributed by atoms with Gasteiger partial charge in [0.1, 0.15) is 11.4 Å². The number of hydrogen-bond acceptors (Lipinski definition) is 6. The van der Waals surface area contributed by atoms with Crippen LogP contribution in [0.2, 0.25) is 0 Å². The summed E-state index contributed by atoms with van der Waals surface area (Å²) in [5.74, 6) is -5.57. The lowest BCUT2D eigenvalue weighted by molar-refractivity contribution is -0.148. The smallest absolute Gasteiger partial charge is 0.340 e. The number of carbonyl (C=O) groups excluding carboxylic acids is 2. The molecule has 0 saturated carbocycles. The van der Waals surface area contributed by atoms with Crippen LogP contribution in [0, 0.1) is 6.92 Å². The molecule has 29 heavy (non-hydrogen) atoms. The number of alkyl halides is 4. The van der Waals surface area contributed by atoms with Crippen molar-refractivity contribution in [3.8, 4) is 5.75 Å². The van der Waals surface area contributed by atoms with E-state index in [1.807, 2.05) is 0 Å². The van der Waals surface area contributed by atoms with Gasteiger partial charge in [0.25, 0.3) is 5.91 Å². The van der Waals surface area contributed by atoms with E-state index in [2.05, 4.69) is 10.1 Å². The number of benzene rings is 1. The highest BCUT2D eigenvalue weighted by Crippen LogP contribution is 2.29. The van der Waals surface area contributed by atoms with Gasteiger partial charge in [-0.05, 0) is 30.7 Å². The first-order valence-corrected chi connectivity index (χ1v) is 8.48. The molecule has 0 radical (unpaired) electrons. The number of methoxy groups -OCH3 is 1. The quantitative estimate of drug-likeness (QED) is 0.469. The molecule has 1 amide bonds. The van der Waals surface area contributed by atoms with Crippen LogP contribution in [0.25, 0.3) is 0 Å². The molecule has 1 aliphatic heterocycles. The van der Waals surface area contributed by atoms with Crippen LogP contribution in [0.1, 0.15) is 5.56 Å². The lowest BCUT2D eigenvalue weighted by Gasteiger charge is -2.17. The molecule has 2 N–H and O–H groups in total. The van der Waals surface area contributed by atoms with Gasteiger partial charge in [0.15, 0.2) is 6.61 Å². The number of ether oxygens (including phenoxy) is 2. The van der Waals surface area contributed by atoms with E-state index in [0.717, 1.165) is 0 Å². The van der Waals surface area contributed by atoms with E-state index in [9.17, 15) is 27.2 Å². The van der Waals surface area contributed by atoms with Crippen LogP contribution in [0.4, 0.5) is 23.2 Å². The van der Waals surface area contributed by atoms with Crippen molar-refractivity contribution in [2.45, 2.75) is 19.3 Å². The van der Waals surface area contributed by atoms with Crippen molar-refractivity contribution < 1.29 is 41.7 Å². The van der Waals surface area contributed by atoms with Gasteiger partial charge in [-0.3, -0.25) is 4.79 Å². The van der Waals surface area contributed by atoms with Gasteiger partial charge in [-0.2, -0.15) is 8.78 Å². The lowest BCUT2D eigenvalue weighted by Crippen LogP contribution is -2.33. The fraction of sp³-hybridized carbons (Fsp3) is 0.444. The first kappa shape index (κ1) is 22.5. The Morgan fingerprint density at radius 3 is 2.62 bits per heavy atom. The summed E-state index contributed by atoms with van der Waals surface area (Å²) in [4.78, 5) is 25.7. The summed E-state index contributed by atoms with van der Waals surface area (Å²) in [5.41, 5.74) is 0.857. The minimum Gasteiger partial charge on any atom is -0.487 e. The number of aliphatic hydroxyl groups is 1. The highest BCUT2D eigenvalue weighted by atomic mass is 19.3. The van der Waals surface area contributed by atoms with Crippen molar-refractivity contribution in [1.82, 2.24) is 4.90 Å². The van der Waals surface area contributed by atoms with E-state index in [1.165, 1.54) is 30.2 Å². The Hall–Kier alpha value is -2.82. The average Bonchev–Trinajstić information content (AvgIpc) is 2.97. The maximum atomic E-state index is 13.0.